The van der Waals surface area contributed by atoms with Crippen LogP contribution in [0.5, 0.6) is 0 Å². The molecular weight excluding hydrogens is 164 g/mol. The highest BCUT2D eigenvalue weighted by Crippen LogP contribution is 2.13. The molecule has 2 aromatic rings. The van der Waals surface area contributed by atoms with Crippen LogP contribution in [0.4, 0.5) is 0 Å². The molecule has 0 aliphatic heterocycles. The molecule has 2 heteroatoms. The molecule has 13 heavy (non-hydrogen) atoms. The van der Waals surface area contributed by atoms with Gasteiger partial charge in [-0.05, 0) is 26.0 Å². The molecule has 0 bridgehead atoms. The Bertz CT molecular complexity index is 509. The summed E-state index contributed by atoms with van der Waals surface area (Å²) >= 11 is 0. The fraction of sp³-hybridized carbons (Fsp3) is 0.182. The summed E-state index contributed by atoms with van der Waals surface area (Å²) in [7, 11) is 0. The van der Waals surface area contributed by atoms with Crippen molar-refractivity contribution in [2.24, 2.45) is 0 Å². The molecule has 0 spiro atoms. The lowest BCUT2D eigenvalue weighted by Crippen LogP contribution is -2.00. The Kier molecular flexibility index (Phi) is 1.69. The van der Waals surface area contributed by atoms with E-state index in [1.54, 1.807) is 6.92 Å². The zero-order chi connectivity index (χ0) is 9.42. The van der Waals surface area contributed by atoms with Crippen LogP contribution in [0, 0.1) is 13.8 Å². The third-order valence-corrected chi connectivity index (χ3v) is 2.01. The number of benzene rings is 1. The van der Waals surface area contributed by atoms with Crippen LogP contribution in [0.2, 0.25) is 0 Å². The van der Waals surface area contributed by atoms with Gasteiger partial charge in [-0.3, -0.25) is 4.79 Å². The van der Waals surface area contributed by atoms with E-state index in [-0.39, 0.29) is 5.43 Å². The number of fused-ring (bicyclic) bond motifs is 1. The molecule has 0 aliphatic carbocycles. The first-order valence-corrected chi connectivity index (χ1v) is 4.18. The van der Waals surface area contributed by atoms with Crippen molar-refractivity contribution in [2.75, 3.05) is 0 Å². The first kappa shape index (κ1) is 8.05. The molecule has 1 aromatic heterocycles. The van der Waals surface area contributed by atoms with Crippen LogP contribution in [-0.4, -0.2) is 0 Å². The van der Waals surface area contributed by atoms with Crippen LogP contribution in [0.3, 0.4) is 0 Å². The summed E-state index contributed by atoms with van der Waals surface area (Å²) in [6.45, 7) is 3.74. The number of hydrogen-bond donors (Lipinski definition) is 0. The summed E-state index contributed by atoms with van der Waals surface area (Å²) in [6, 6.07) is 7.13. The number of hydrogen-bond acceptors (Lipinski definition) is 2. The topological polar surface area (TPSA) is 30.2 Å². The molecular formula is C11H10O2. The van der Waals surface area contributed by atoms with Crippen LogP contribution >= 0.6 is 0 Å². The lowest BCUT2D eigenvalue weighted by molar-refractivity contribution is 0.564. The second-order valence-electron chi connectivity index (χ2n) is 3.22. The highest BCUT2D eigenvalue weighted by molar-refractivity contribution is 5.77. The van der Waals surface area contributed by atoms with E-state index in [9.17, 15) is 4.79 Å². The maximum atomic E-state index is 11.5. The molecule has 0 atom stereocenters. The predicted molar refractivity (Wildman–Crippen MR) is 52.0 cm³/mol. The van der Waals surface area contributed by atoms with Crippen molar-refractivity contribution in [3.05, 3.63) is 45.8 Å². The van der Waals surface area contributed by atoms with Crippen LogP contribution in [-0.2, 0) is 0 Å². The average Bonchev–Trinajstić information content (AvgIpc) is 2.06. The van der Waals surface area contributed by atoms with Gasteiger partial charge >= 0.3 is 0 Å². The van der Waals surface area contributed by atoms with Gasteiger partial charge in [0, 0.05) is 6.07 Å². The third kappa shape index (κ3) is 1.35. The van der Waals surface area contributed by atoms with Crippen LogP contribution in [0.25, 0.3) is 11.0 Å². The van der Waals surface area contributed by atoms with E-state index in [2.05, 4.69) is 0 Å². The van der Waals surface area contributed by atoms with E-state index in [1.807, 2.05) is 25.1 Å². The Labute approximate surface area is 75.8 Å². The van der Waals surface area contributed by atoms with Crippen molar-refractivity contribution in [1.29, 1.82) is 0 Å². The van der Waals surface area contributed by atoms with Crippen molar-refractivity contribution < 1.29 is 4.42 Å². The summed E-state index contributed by atoms with van der Waals surface area (Å²) in [6.07, 6.45) is 0. The summed E-state index contributed by atoms with van der Waals surface area (Å²) in [4.78, 5) is 11.5. The molecule has 0 saturated carbocycles. The maximum absolute atomic E-state index is 11.5. The molecule has 0 aliphatic rings. The molecule has 0 unspecified atom stereocenters. The van der Waals surface area contributed by atoms with E-state index < -0.39 is 0 Å². The Hall–Kier alpha value is -1.57. The minimum atomic E-state index is 0.0300. The Morgan fingerprint density at radius 1 is 1.15 bits per heavy atom. The highest BCUT2D eigenvalue weighted by atomic mass is 16.3. The van der Waals surface area contributed by atoms with Gasteiger partial charge in [0.25, 0.3) is 0 Å². The van der Waals surface area contributed by atoms with Crippen LogP contribution in [0.1, 0.15) is 11.3 Å². The predicted octanol–water partition coefficient (Wildman–Crippen LogP) is 2.41. The van der Waals surface area contributed by atoms with Crippen molar-refractivity contribution in [2.45, 2.75) is 13.8 Å². The molecule has 1 aromatic carbocycles. The molecule has 1 heterocycles. The fourth-order valence-electron chi connectivity index (χ4n) is 1.39. The molecule has 0 N–H and O–H groups in total. The van der Waals surface area contributed by atoms with Gasteiger partial charge in [0.2, 0.25) is 0 Å². The second kappa shape index (κ2) is 2.73. The molecule has 66 valence electrons. The van der Waals surface area contributed by atoms with Gasteiger partial charge in [0.1, 0.15) is 11.3 Å². The minimum Gasteiger partial charge on any atom is -0.461 e. The lowest BCUT2D eigenvalue weighted by atomic mass is 10.1. The summed E-state index contributed by atoms with van der Waals surface area (Å²) in [5.41, 5.74) is 1.77. The number of rotatable bonds is 0. The average molecular weight is 174 g/mol. The van der Waals surface area contributed by atoms with Gasteiger partial charge in [-0.1, -0.05) is 11.6 Å². The van der Waals surface area contributed by atoms with Gasteiger partial charge in [-0.2, -0.15) is 0 Å². The van der Waals surface area contributed by atoms with Gasteiger partial charge in [0.15, 0.2) is 5.43 Å². The minimum absolute atomic E-state index is 0.0300. The van der Waals surface area contributed by atoms with Gasteiger partial charge in [0.05, 0.1) is 5.39 Å². The van der Waals surface area contributed by atoms with Gasteiger partial charge in [-0.15, -0.1) is 0 Å². The lowest BCUT2D eigenvalue weighted by Gasteiger charge is -1.98. The molecule has 0 amide bonds. The van der Waals surface area contributed by atoms with Crippen molar-refractivity contribution in [3.8, 4) is 0 Å². The maximum Gasteiger partial charge on any atom is 0.192 e. The van der Waals surface area contributed by atoms with Crippen LogP contribution in [0.15, 0.2) is 33.5 Å². The second-order valence-corrected chi connectivity index (χ2v) is 3.22. The van der Waals surface area contributed by atoms with E-state index >= 15 is 0 Å². The summed E-state index contributed by atoms with van der Waals surface area (Å²) < 4.78 is 5.40. The Morgan fingerprint density at radius 3 is 2.69 bits per heavy atom. The molecule has 0 saturated heterocycles. The van der Waals surface area contributed by atoms with Crippen molar-refractivity contribution in [1.82, 2.24) is 0 Å². The quantitative estimate of drug-likeness (QED) is 0.614. The third-order valence-electron chi connectivity index (χ3n) is 2.01. The standard InChI is InChI=1S/C11H10O2/c1-7-3-4-11-9(5-7)10(12)6-8(2)13-11/h3-6H,1-2H3. The smallest absolute Gasteiger partial charge is 0.192 e. The molecule has 2 rings (SSSR count). The molecule has 2 nitrogen and oxygen atoms in total. The van der Waals surface area contributed by atoms with Gasteiger partial charge in [-0.25, -0.2) is 0 Å². The monoisotopic (exact) mass is 174 g/mol. The first-order chi connectivity index (χ1) is 6.16. The van der Waals surface area contributed by atoms with E-state index in [0.29, 0.717) is 16.7 Å². The fourth-order valence-corrected chi connectivity index (χ4v) is 1.39. The van der Waals surface area contributed by atoms with Gasteiger partial charge < -0.3 is 4.42 Å². The van der Waals surface area contributed by atoms with Crippen molar-refractivity contribution in [3.63, 3.8) is 0 Å². The van der Waals surface area contributed by atoms with Crippen LogP contribution < -0.4 is 5.43 Å². The largest absolute Gasteiger partial charge is 0.461 e. The first-order valence-electron chi connectivity index (χ1n) is 4.18. The SMILES string of the molecule is Cc1ccc2oc(C)cc(=O)c2c1. The van der Waals surface area contributed by atoms with E-state index in [4.69, 9.17) is 4.42 Å². The zero-order valence-corrected chi connectivity index (χ0v) is 7.63. The zero-order valence-electron chi connectivity index (χ0n) is 7.63. The molecule has 0 radical (unpaired) electrons. The molecule has 0 fully saturated rings. The van der Waals surface area contributed by atoms with E-state index in [0.717, 1.165) is 5.56 Å². The van der Waals surface area contributed by atoms with Crippen molar-refractivity contribution >= 4 is 11.0 Å². The Balaban J connectivity index is 2.95. The normalized spacial score (nSPS) is 10.6. The summed E-state index contributed by atoms with van der Waals surface area (Å²) in [5, 5.41) is 0.658. The highest BCUT2D eigenvalue weighted by Gasteiger charge is 2.01. The number of aryl methyl sites for hydroxylation is 2. The summed E-state index contributed by atoms with van der Waals surface area (Å²) in [5.74, 6) is 0.654. The van der Waals surface area contributed by atoms with E-state index in [1.165, 1.54) is 6.07 Å². The Morgan fingerprint density at radius 2 is 1.92 bits per heavy atom.